The predicted octanol–water partition coefficient (Wildman–Crippen LogP) is 2.59. The van der Waals surface area contributed by atoms with Crippen molar-refractivity contribution in [2.45, 2.75) is 45.4 Å². The van der Waals surface area contributed by atoms with Crippen molar-refractivity contribution in [3.63, 3.8) is 0 Å². The molecule has 1 aliphatic carbocycles. The molecule has 0 aliphatic heterocycles. The largest absolute Gasteiger partial charge is 0.384 e. The number of hydrogen-bond acceptors (Lipinski definition) is 4. The Morgan fingerprint density at radius 3 is 2.50 bits per heavy atom. The van der Waals surface area contributed by atoms with Crippen molar-refractivity contribution in [3.05, 3.63) is 11.9 Å². The van der Waals surface area contributed by atoms with Crippen LogP contribution in [-0.4, -0.2) is 23.6 Å². The highest BCUT2D eigenvalue weighted by Gasteiger charge is 2.22. The molecule has 1 aromatic rings. The van der Waals surface area contributed by atoms with Crippen molar-refractivity contribution in [2.75, 3.05) is 24.2 Å². The lowest BCUT2D eigenvalue weighted by Crippen LogP contribution is -2.30. The van der Waals surface area contributed by atoms with Crippen molar-refractivity contribution >= 4 is 11.6 Å². The molecule has 2 N–H and O–H groups in total. The summed E-state index contributed by atoms with van der Waals surface area (Å²) in [6, 6.07) is 1.87. The summed E-state index contributed by atoms with van der Waals surface area (Å²) in [4.78, 5) is 11.2. The highest BCUT2D eigenvalue weighted by Crippen LogP contribution is 2.29. The van der Waals surface area contributed by atoms with E-state index >= 15 is 0 Å². The van der Waals surface area contributed by atoms with Crippen LogP contribution in [0.5, 0.6) is 0 Å². The van der Waals surface area contributed by atoms with E-state index in [4.69, 9.17) is 5.73 Å². The minimum absolute atomic E-state index is 0.0680. The van der Waals surface area contributed by atoms with Gasteiger partial charge in [-0.25, -0.2) is 9.97 Å². The summed E-state index contributed by atoms with van der Waals surface area (Å²) < 4.78 is 0. The molecule has 4 heteroatoms. The first-order valence-corrected chi connectivity index (χ1v) is 6.72. The maximum absolute atomic E-state index is 5.89. The van der Waals surface area contributed by atoms with Crippen molar-refractivity contribution in [1.82, 2.24) is 9.97 Å². The van der Waals surface area contributed by atoms with Crippen LogP contribution >= 0.6 is 0 Å². The first kappa shape index (κ1) is 13.1. The van der Waals surface area contributed by atoms with Gasteiger partial charge in [0.2, 0.25) is 0 Å². The molecule has 0 spiro atoms. The lowest BCUT2D eigenvalue weighted by Gasteiger charge is -2.31. The molecule has 18 heavy (non-hydrogen) atoms. The highest BCUT2D eigenvalue weighted by molar-refractivity contribution is 5.47. The van der Waals surface area contributed by atoms with Crippen molar-refractivity contribution in [3.8, 4) is 0 Å². The highest BCUT2D eigenvalue weighted by atomic mass is 15.2. The van der Waals surface area contributed by atoms with Crippen molar-refractivity contribution < 1.29 is 0 Å². The molecule has 1 heterocycles. The van der Waals surface area contributed by atoms with Gasteiger partial charge in [0.15, 0.2) is 0 Å². The maximum Gasteiger partial charge on any atom is 0.138 e. The molecule has 1 saturated carbocycles. The van der Waals surface area contributed by atoms with Crippen LogP contribution in [0.2, 0.25) is 0 Å². The molecule has 4 nitrogen and oxygen atoms in total. The molecule has 0 unspecified atom stereocenters. The van der Waals surface area contributed by atoms with Crippen LogP contribution in [0.15, 0.2) is 6.07 Å². The van der Waals surface area contributed by atoms with Crippen LogP contribution in [-0.2, 0) is 5.41 Å². The van der Waals surface area contributed by atoms with E-state index in [9.17, 15) is 0 Å². The third-order valence-electron chi connectivity index (χ3n) is 3.55. The van der Waals surface area contributed by atoms with Crippen LogP contribution in [0.1, 0.15) is 45.9 Å². The van der Waals surface area contributed by atoms with E-state index in [0.29, 0.717) is 5.82 Å². The second kappa shape index (κ2) is 4.75. The fourth-order valence-electron chi connectivity index (χ4n) is 2.14. The summed E-state index contributed by atoms with van der Waals surface area (Å²) >= 11 is 0. The van der Waals surface area contributed by atoms with Crippen LogP contribution in [0.4, 0.5) is 11.6 Å². The van der Waals surface area contributed by atoms with Crippen LogP contribution in [0.25, 0.3) is 0 Å². The first-order valence-electron chi connectivity index (χ1n) is 6.72. The number of hydrogen-bond donors (Lipinski definition) is 1. The zero-order valence-corrected chi connectivity index (χ0v) is 11.9. The molecule has 1 aromatic heterocycles. The van der Waals surface area contributed by atoms with E-state index in [1.165, 1.54) is 19.3 Å². The molecule has 1 fully saturated rings. The number of nitrogens with two attached hydrogens (primary N) is 1. The van der Waals surface area contributed by atoms with Gasteiger partial charge in [0.05, 0.1) is 0 Å². The Morgan fingerprint density at radius 1 is 1.33 bits per heavy atom. The quantitative estimate of drug-likeness (QED) is 0.893. The zero-order chi connectivity index (χ0) is 13.3. The first-order chi connectivity index (χ1) is 8.36. The maximum atomic E-state index is 5.89. The summed E-state index contributed by atoms with van der Waals surface area (Å²) in [7, 11) is 2.09. The second-order valence-electron chi connectivity index (χ2n) is 6.40. The summed E-state index contributed by atoms with van der Waals surface area (Å²) in [5, 5.41) is 0. The molecule has 0 saturated heterocycles. The van der Waals surface area contributed by atoms with Gasteiger partial charge in [0.25, 0.3) is 0 Å². The van der Waals surface area contributed by atoms with Gasteiger partial charge in [0.1, 0.15) is 17.5 Å². The number of anilines is 2. The number of rotatable bonds is 3. The Hall–Kier alpha value is -1.32. The Bertz CT molecular complexity index is 418. The van der Waals surface area contributed by atoms with E-state index in [1.54, 1.807) is 0 Å². The van der Waals surface area contributed by atoms with Crippen LogP contribution < -0.4 is 10.6 Å². The second-order valence-corrected chi connectivity index (χ2v) is 6.40. The van der Waals surface area contributed by atoms with Gasteiger partial charge in [-0.05, 0) is 18.8 Å². The fourth-order valence-corrected chi connectivity index (χ4v) is 2.14. The Kier molecular flexibility index (Phi) is 3.46. The van der Waals surface area contributed by atoms with E-state index < -0.39 is 0 Å². The third kappa shape index (κ3) is 2.92. The van der Waals surface area contributed by atoms with Gasteiger partial charge in [-0.2, -0.15) is 0 Å². The van der Waals surface area contributed by atoms with Gasteiger partial charge < -0.3 is 10.6 Å². The number of aromatic nitrogens is 2. The van der Waals surface area contributed by atoms with Gasteiger partial charge in [0, 0.05) is 25.1 Å². The zero-order valence-electron chi connectivity index (χ0n) is 11.9. The predicted molar refractivity (Wildman–Crippen MR) is 75.8 cm³/mol. The smallest absolute Gasteiger partial charge is 0.138 e. The van der Waals surface area contributed by atoms with E-state index in [2.05, 4.69) is 42.7 Å². The molecule has 0 radical (unpaired) electrons. The van der Waals surface area contributed by atoms with E-state index in [-0.39, 0.29) is 5.41 Å². The third-order valence-corrected chi connectivity index (χ3v) is 3.55. The Morgan fingerprint density at radius 2 is 2.00 bits per heavy atom. The molecule has 1 aliphatic rings. The van der Waals surface area contributed by atoms with Gasteiger partial charge in [-0.15, -0.1) is 0 Å². The molecular weight excluding hydrogens is 224 g/mol. The van der Waals surface area contributed by atoms with Crippen LogP contribution in [0, 0.1) is 5.92 Å². The lowest BCUT2D eigenvalue weighted by molar-refractivity contribution is 0.321. The standard InChI is InChI=1S/C14H24N4/c1-14(2,3)13-16-11(15)8-12(17-13)18(4)9-10-6-5-7-10/h8,10H,5-7,9H2,1-4H3,(H2,15,16,17). The average Bonchev–Trinajstić information content (AvgIpc) is 2.21. The normalized spacial score (nSPS) is 16.4. The molecule has 0 atom stereocenters. The fraction of sp³-hybridized carbons (Fsp3) is 0.714. The van der Waals surface area contributed by atoms with Gasteiger partial charge in [-0.3, -0.25) is 0 Å². The van der Waals surface area contributed by atoms with Gasteiger partial charge in [-0.1, -0.05) is 27.2 Å². The lowest BCUT2D eigenvalue weighted by atomic mass is 9.85. The molecule has 0 bridgehead atoms. The Labute approximate surface area is 110 Å². The molecular formula is C14H24N4. The minimum Gasteiger partial charge on any atom is -0.384 e. The summed E-state index contributed by atoms with van der Waals surface area (Å²) in [6.45, 7) is 7.40. The average molecular weight is 248 g/mol. The summed E-state index contributed by atoms with van der Waals surface area (Å²) in [6.07, 6.45) is 4.06. The Balaban J connectivity index is 2.18. The van der Waals surface area contributed by atoms with Crippen LogP contribution in [0.3, 0.4) is 0 Å². The molecule has 2 rings (SSSR count). The summed E-state index contributed by atoms with van der Waals surface area (Å²) in [5.74, 6) is 3.15. The van der Waals surface area contributed by atoms with Gasteiger partial charge >= 0.3 is 0 Å². The summed E-state index contributed by atoms with van der Waals surface area (Å²) in [5.41, 5.74) is 5.83. The minimum atomic E-state index is -0.0680. The molecule has 0 aromatic carbocycles. The molecule has 0 amide bonds. The number of nitrogen functional groups attached to an aromatic ring is 1. The van der Waals surface area contributed by atoms with E-state index in [0.717, 1.165) is 24.1 Å². The SMILES string of the molecule is CN(CC1CCC1)c1cc(N)nc(C(C)(C)C)n1. The van der Waals surface area contributed by atoms with Crippen molar-refractivity contribution in [1.29, 1.82) is 0 Å². The topological polar surface area (TPSA) is 55.0 Å². The molecule has 100 valence electrons. The van der Waals surface area contributed by atoms with Crippen molar-refractivity contribution in [2.24, 2.45) is 5.92 Å². The number of nitrogens with zero attached hydrogens (tertiary/aromatic N) is 3. The van der Waals surface area contributed by atoms with E-state index in [1.807, 2.05) is 6.07 Å². The monoisotopic (exact) mass is 248 g/mol.